The minimum atomic E-state index is -0.465. The molecule has 1 aliphatic rings. The Labute approximate surface area is 147 Å². The maximum atomic E-state index is 12.3. The van der Waals surface area contributed by atoms with Crippen molar-refractivity contribution >= 4 is 12.1 Å². The monoisotopic (exact) mass is 341 g/mol. The molecule has 1 aliphatic heterocycles. The van der Waals surface area contributed by atoms with Crippen LogP contribution in [0.4, 0.5) is 4.79 Å². The zero-order valence-corrected chi connectivity index (χ0v) is 15.6. The second-order valence-electron chi connectivity index (χ2n) is 6.61. The third-order valence-electron chi connectivity index (χ3n) is 4.48. The Bertz CT molecular complexity index is 325. The highest BCUT2D eigenvalue weighted by atomic mass is 16.6. The zero-order chi connectivity index (χ0) is 17.6. The molecule has 140 valence electrons. The molecule has 0 aliphatic carbocycles. The van der Waals surface area contributed by atoms with E-state index in [1.165, 1.54) is 0 Å². The molecule has 0 saturated carbocycles. The van der Waals surface area contributed by atoms with Gasteiger partial charge in [0.25, 0.3) is 0 Å². The third kappa shape index (κ3) is 8.02. The summed E-state index contributed by atoms with van der Waals surface area (Å²) in [5.41, 5.74) is 0. The maximum Gasteiger partial charge on any atom is 0.410 e. The molecule has 0 aromatic heterocycles. The highest BCUT2D eigenvalue weighted by molar-refractivity contribution is 5.81. The topological polar surface area (TPSA) is 55.8 Å². The van der Waals surface area contributed by atoms with Gasteiger partial charge in [-0.15, -0.1) is 0 Å². The second-order valence-corrected chi connectivity index (χ2v) is 6.61. The first-order valence-corrected chi connectivity index (χ1v) is 9.80. The Morgan fingerprint density at radius 3 is 2.12 bits per heavy atom. The molecular weight excluding hydrogens is 306 g/mol. The molecule has 1 heterocycles. The number of ether oxygens (including phenoxy) is 2. The van der Waals surface area contributed by atoms with Gasteiger partial charge in [0.05, 0.1) is 13.2 Å². The number of esters is 1. The van der Waals surface area contributed by atoms with Gasteiger partial charge in [0.15, 0.2) is 0 Å². The van der Waals surface area contributed by atoms with Crippen LogP contribution in [0.25, 0.3) is 0 Å². The van der Waals surface area contributed by atoms with Gasteiger partial charge in [0.2, 0.25) is 0 Å². The normalized spacial score (nSPS) is 17.6. The van der Waals surface area contributed by atoms with Crippen molar-refractivity contribution in [3.05, 3.63) is 0 Å². The van der Waals surface area contributed by atoms with E-state index in [4.69, 9.17) is 9.47 Å². The number of unbranched alkanes of at least 4 members (excludes halogenated alkanes) is 6. The largest absolute Gasteiger partial charge is 0.464 e. The quantitative estimate of drug-likeness (QED) is 0.404. The molecule has 0 bridgehead atoms. The SMILES string of the molecule is CCCCCCOC(=O)C1CCCCN1C(=O)OCCCCCC. The number of carbonyl (C=O) groups is 2. The zero-order valence-electron chi connectivity index (χ0n) is 15.6. The first-order valence-electron chi connectivity index (χ1n) is 9.80. The number of rotatable bonds is 11. The molecule has 5 heteroatoms. The summed E-state index contributed by atoms with van der Waals surface area (Å²) in [6.07, 6.45) is 10.8. The van der Waals surface area contributed by atoms with E-state index in [2.05, 4.69) is 13.8 Å². The fourth-order valence-electron chi connectivity index (χ4n) is 2.96. The summed E-state index contributed by atoms with van der Waals surface area (Å²) in [6, 6.07) is -0.465. The summed E-state index contributed by atoms with van der Waals surface area (Å²) in [5.74, 6) is -0.269. The van der Waals surface area contributed by atoms with Crippen molar-refractivity contribution in [2.24, 2.45) is 0 Å². The number of hydrogen-bond acceptors (Lipinski definition) is 4. The Balaban J connectivity index is 2.34. The van der Waals surface area contributed by atoms with E-state index in [0.29, 0.717) is 26.2 Å². The summed E-state index contributed by atoms with van der Waals surface area (Å²) in [6.45, 7) is 5.78. The Kier molecular flexibility index (Phi) is 11.3. The first-order chi connectivity index (χ1) is 11.7. The van der Waals surface area contributed by atoms with Crippen LogP contribution in [0.5, 0.6) is 0 Å². The molecule has 1 rings (SSSR count). The molecular formula is C19H35NO4. The summed E-state index contributed by atoms with van der Waals surface area (Å²) in [5, 5.41) is 0. The number of piperidine rings is 1. The van der Waals surface area contributed by atoms with Crippen molar-refractivity contribution < 1.29 is 19.1 Å². The maximum absolute atomic E-state index is 12.3. The van der Waals surface area contributed by atoms with Crippen LogP contribution >= 0.6 is 0 Å². The molecule has 0 aromatic carbocycles. The van der Waals surface area contributed by atoms with Gasteiger partial charge in [-0.25, -0.2) is 9.59 Å². The van der Waals surface area contributed by atoms with Crippen LogP contribution < -0.4 is 0 Å². The van der Waals surface area contributed by atoms with Crippen LogP contribution in [0.15, 0.2) is 0 Å². The van der Waals surface area contributed by atoms with Gasteiger partial charge in [-0.3, -0.25) is 4.90 Å². The summed E-state index contributed by atoms with van der Waals surface area (Å²) in [4.78, 5) is 26.1. The molecule has 1 fully saturated rings. The summed E-state index contributed by atoms with van der Waals surface area (Å²) < 4.78 is 10.7. The van der Waals surface area contributed by atoms with E-state index in [1.54, 1.807) is 4.90 Å². The average Bonchev–Trinajstić information content (AvgIpc) is 2.61. The Hall–Kier alpha value is -1.26. The fraction of sp³-hybridized carbons (Fsp3) is 0.895. The molecule has 1 unspecified atom stereocenters. The van der Waals surface area contributed by atoms with Gasteiger partial charge in [-0.1, -0.05) is 52.4 Å². The van der Waals surface area contributed by atoms with Crippen LogP contribution in [0.3, 0.4) is 0 Å². The van der Waals surface area contributed by atoms with E-state index in [1.807, 2.05) is 0 Å². The minimum absolute atomic E-state index is 0.269. The lowest BCUT2D eigenvalue weighted by atomic mass is 10.0. The lowest BCUT2D eigenvalue weighted by Crippen LogP contribution is -2.49. The summed E-state index contributed by atoms with van der Waals surface area (Å²) in [7, 11) is 0. The first kappa shape index (κ1) is 20.8. The predicted molar refractivity (Wildman–Crippen MR) is 94.9 cm³/mol. The van der Waals surface area contributed by atoms with Gasteiger partial charge in [0.1, 0.15) is 6.04 Å². The molecule has 1 saturated heterocycles. The van der Waals surface area contributed by atoms with Crippen molar-refractivity contribution in [3.8, 4) is 0 Å². The molecule has 0 spiro atoms. The third-order valence-corrected chi connectivity index (χ3v) is 4.48. The van der Waals surface area contributed by atoms with Crippen molar-refractivity contribution in [1.82, 2.24) is 4.90 Å². The van der Waals surface area contributed by atoms with E-state index in [0.717, 1.165) is 64.2 Å². The van der Waals surface area contributed by atoms with Crippen LogP contribution in [0.1, 0.15) is 84.5 Å². The molecule has 1 amide bonds. The van der Waals surface area contributed by atoms with E-state index >= 15 is 0 Å². The van der Waals surface area contributed by atoms with Crippen LogP contribution in [0.2, 0.25) is 0 Å². The lowest BCUT2D eigenvalue weighted by Gasteiger charge is -2.33. The van der Waals surface area contributed by atoms with Gasteiger partial charge >= 0.3 is 12.1 Å². The standard InChI is InChI=1S/C19H35NO4/c1-3-5-7-11-15-23-18(21)17-13-9-10-14-20(17)19(22)24-16-12-8-6-4-2/h17H,3-16H2,1-2H3. The number of nitrogens with zero attached hydrogens (tertiary/aromatic N) is 1. The van der Waals surface area contributed by atoms with E-state index in [-0.39, 0.29) is 12.1 Å². The number of amides is 1. The Morgan fingerprint density at radius 1 is 0.875 bits per heavy atom. The lowest BCUT2D eigenvalue weighted by molar-refractivity contribution is -0.150. The predicted octanol–water partition coefficient (Wildman–Crippen LogP) is 4.68. The van der Waals surface area contributed by atoms with Crippen molar-refractivity contribution in [3.63, 3.8) is 0 Å². The second kappa shape index (κ2) is 13.1. The average molecular weight is 341 g/mol. The van der Waals surface area contributed by atoms with Crippen LogP contribution in [-0.4, -0.2) is 42.8 Å². The fourth-order valence-corrected chi connectivity index (χ4v) is 2.96. The number of carbonyl (C=O) groups excluding carboxylic acids is 2. The number of hydrogen-bond donors (Lipinski definition) is 0. The van der Waals surface area contributed by atoms with E-state index < -0.39 is 6.04 Å². The van der Waals surface area contributed by atoms with Gasteiger partial charge < -0.3 is 9.47 Å². The van der Waals surface area contributed by atoms with Crippen molar-refractivity contribution in [2.45, 2.75) is 90.5 Å². The molecule has 0 radical (unpaired) electrons. The molecule has 24 heavy (non-hydrogen) atoms. The van der Waals surface area contributed by atoms with Crippen LogP contribution in [-0.2, 0) is 14.3 Å². The molecule has 5 nitrogen and oxygen atoms in total. The van der Waals surface area contributed by atoms with Gasteiger partial charge in [-0.05, 0) is 32.1 Å². The van der Waals surface area contributed by atoms with Crippen molar-refractivity contribution in [1.29, 1.82) is 0 Å². The summed E-state index contributed by atoms with van der Waals surface area (Å²) >= 11 is 0. The molecule has 0 N–H and O–H groups in total. The smallest absolute Gasteiger partial charge is 0.410 e. The number of likely N-dealkylation sites (tertiary alicyclic amines) is 1. The minimum Gasteiger partial charge on any atom is -0.464 e. The Morgan fingerprint density at radius 2 is 1.50 bits per heavy atom. The van der Waals surface area contributed by atoms with Crippen molar-refractivity contribution in [2.75, 3.05) is 19.8 Å². The van der Waals surface area contributed by atoms with Gasteiger partial charge in [-0.2, -0.15) is 0 Å². The van der Waals surface area contributed by atoms with E-state index in [9.17, 15) is 9.59 Å². The molecule has 0 aromatic rings. The highest BCUT2D eigenvalue weighted by Crippen LogP contribution is 2.19. The molecule has 1 atom stereocenters. The van der Waals surface area contributed by atoms with Gasteiger partial charge in [0, 0.05) is 6.54 Å². The van der Waals surface area contributed by atoms with Crippen LogP contribution in [0, 0.1) is 0 Å². The highest BCUT2D eigenvalue weighted by Gasteiger charge is 2.34.